The van der Waals surface area contributed by atoms with Gasteiger partial charge in [0, 0.05) is 11.5 Å². The van der Waals surface area contributed by atoms with Crippen molar-refractivity contribution in [1.29, 1.82) is 0 Å². The van der Waals surface area contributed by atoms with Crippen LogP contribution in [0, 0.1) is 0 Å². The lowest BCUT2D eigenvalue weighted by Gasteiger charge is -2.03. The van der Waals surface area contributed by atoms with E-state index in [-0.39, 0.29) is 5.63 Å². The largest absolute Gasteiger partial charge is 0.494 e. The lowest BCUT2D eigenvalue weighted by atomic mass is 10.2. The average molecular weight is 269 g/mol. The predicted octanol–water partition coefficient (Wildman–Crippen LogP) is 2.95. The molecule has 0 radical (unpaired) electrons. The minimum absolute atomic E-state index is 0.379. The minimum Gasteiger partial charge on any atom is -0.494 e. The van der Waals surface area contributed by atoms with E-state index < -0.39 is 0 Å². The van der Waals surface area contributed by atoms with E-state index in [9.17, 15) is 4.79 Å². The van der Waals surface area contributed by atoms with Gasteiger partial charge in [-0.3, -0.25) is 0 Å². The Kier molecular flexibility index (Phi) is 2.77. The topological polar surface area (TPSA) is 39.4 Å². The highest BCUT2D eigenvalue weighted by Crippen LogP contribution is 2.21. The third-order valence-electron chi connectivity index (χ3n) is 1.98. The molecule has 15 heavy (non-hydrogen) atoms. The summed E-state index contributed by atoms with van der Waals surface area (Å²) in [4.78, 5) is 11.2. The Morgan fingerprint density at radius 3 is 2.93 bits per heavy atom. The molecule has 0 aliphatic heterocycles. The van der Waals surface area contributed by atoms with E-state index in [0.717, 1.165) is 5.39 Å². The van der Waals surface area contributed by atoms with Gasteiger partial charge in [-0.1, -0.05) is 0 Å². The number of halogens is 1. The van der Waals surface area contributed by atoms with E-state index >= 15 is 0 Å². The molecule has 0 aliphatic carbocycles. The van der Waals surface area contributed by atoms with Crippen molar-refractivity contribution in [1.82, 2.24) is 0 Å². The number of hydrogen-bond donors (Lipinski definition) is 0. The second-order valence-corrected chi connectivity index (χ2v) is 3.87. The summed E-state index contributed by atoms with van der Waals surface area (Å²) in [6, 6.07) is 7.15. The van der Waals surface area contributed by atoms with E-state index in [0.29, 0.717) is 22.4 Å². The van der Waals surface area contributed by atoms with Crippen LogP contribution in [0.3, 0.4) is 0 Å². The Hall–Kier alpha value is -1.29. The van der Waals surface area contributed by atoms with Crippen LogP contribution in [-0.2, 0) is 0 Å². The zero-order chi connectivity index (χ0) is 10.8. The molecular weight excluding hydrogens is 260 g/mol. The van der Waals surface area contributed by atoms with Gasteiger partial charge in [-0.05, 0) is 41.1 Å². The molecule has 0 fully saturated rings. The maximum Gasteiger partial charge on any atom is 0.350 e. The van der Waals surface area contributed by atoms with Gasteiger partial charge in [0.1, 0.15) is 15.8 Å². The number of ether oxygens (including phenoxy) is 1. The molecule has 3 nitrogen and oxygen atoms in total. The molecule has 0 amide bonds. The van der Waals surface area contributed by atoms with Gasteiger partial charge in [-0.2, -0.15) is 0 Å². The van der Waals surface area contributed by atoms with Gasteiger partial charge >= 0.3 is 5.63 Å². The molecule has 2 aromatic rings. The van der Waals surface area contributed by atoms with Gasteiger partial charge in [0.2, 0.25) is 0 Å². The number of benzene rings is 1. The van der Waals surface area contributed by atoms with Crippen LogP contribution in [0.5, 0.6) is 5.75 Å². The first-order chi connectivity index (χ1) is 7.20. The first-order valence-corrected chi connectivity index (χ1v) is 5.36. The van der Waals surface area contributed by atoms with E-state index in [1.807, 2.05) is 19.1 Å². The second kappa shape index (κ2) is 4.06. The van der Waals surface area contributed by atoms with Crippen molar-refractivity contribution in [2.75, 3.05) is 6.61 Å². The summed E-state index contributed by atoms with van der Waals surface area (Å²) >= 11 is 3.13. The molecule has 0 atom stereocenters. The van der Waals surface area contributed by atoms with E-state index in [1.165, 1.54) is 0 Å². The van der Waals surface area contributed by atoms with Crippen molar-refractivity contribution in [2.45, 2.75) is 6.92 Å². The Morgan fingerprint density at radius 1 is 1.40 bits per heavy atom. The van der Waals surface area contributed by atoms with Crippen LogP contribution in [0.25, 0.3) is 11.0 Å². The lowest BCUT2D eigenvalue weighted by molar-refractivity contribution is 0.340. The molecule has 0 aliphatic rings. The van der Waals surface area contributed by atoms with Gasteiger partial charge in [0.25, 0.3) is 0 Å². The van der Waals surface area contributed by atoms with Crippen LogP contribution in [0.15, 0.2) is 37.9 Å². The predicted molar refractivity (Wildman–Crippen MR) is 61.4 cm³/mol. The van der Waals surface area contributed by atoms with Gasteiger partial charge in [0.15, 0.2) is 0 Å². The Labute approximate surface area is 94.8 Å². The third-order valence-corrected chi connectivity index (χ3v) is 2.53. The van der Waals surface area contributed by atoms with Crippen LogP contribution < -0.4 is 10.4 Å². The lowest BCUT2D eigenvalue weighted by Crippen LogP contribution is -1.99. The minimum atomic E-state index is -0.379. The first kappa shape index (κ1) is 10.2. The Balaban J connectivity index is 2.61. The monoisotopic (exact) mass is 268 g/mol. The molecule has 1 aromatic heterocycles. The maximum atomic E-state index is 11.2. The number of rotatable bonds is 2. The van der Waals surface area contributed by atoms with E-state index in [1.54, 1.807) is 12.1 Å². The Morgan fingerprint density at radius 2 is 2.20 bits per heavy atom. The van der Waals surface area contributed by atoms with Gasteiger partial charge in [0.05, 0.1) is 6.61 Å². The first-order valence-electron chi connectivity index (χ1n) is 4.57. The SMILES string of the molecule is CCOc1ccc2cc(Br)c(=O)oc2c1. The molecule has 0 N–H and O–H groups in total. The Bertz CT molecular complexity index is 545. The molecule has 1 heterocycles. The summed E-state index contributed by atoms with van der Waals surface area (Å²) in [6.07, 6.45) is 0. The van der Waals surface area contributed by atoms with Crippen molar-refractivity contribution in [3.63, 3.8) is 0 Å². The molecule has 0 unspecified atom stereocenters. The fourth-order valence-corrected chi connectivity index (χ4v) is 1.65. The highest BCUT2D eigenvalue weighted by molar-refractivity contribution is 9.10. The van der Waals surface area contributed by atoms with Crippen LogP contribution in [0.4, 0.5) is 0 Å². The zero-order valence-electron chi connectivity index (χ0n) is 8.12. The highest BCUT2D eigenvalue weighted by Gasteiger charge is 2.03. The molecule has 2 rings (SSSR count). The van der Waals surface area contributed by atoms with Crippen LogP contribution in [-0.4, -0.2) is 6.61 Å². The van der Waals surface area contributed by atoms with Crippen LogP contribution in [0.1, 0.15) is 6.92 Å². The standard InChI is InChI=1S/C11H9BrO3/c1-2-14-8-4-3-7-5-9(12)11(13)15-10(7)6-8/h3-6H,2H2,1H3. The van der Waals surface area contributed by atoms with Crippen molar-refractivity contribution in [3.8, 4) is 5.75 Å². The van der Waals surface area contributed by atoms with E-state index in [2.05, 4.69) is 15.9 Å². The molecule has 0 saturated carbocycles. The molecule has 0 saturated heterocycles. The fraction of sp³-hybridized carbons (Fsp3) is 0.182. The van der Waals surface area contributed by atoms with Crippen LogP contribution >= 0.6 is 15.9 Å². The van der Waals surface area contributed by atoms with Gasteiger partial charge in [-0.25, -0.2) is 4.79 Å². The molecule has 4 heteroatoms. The van der Waals surface area contributed by atoms with E-state index in [4.69, 9.17) is 9.15 Å². The summed E-state index contributed by atoms with van der Waals surface area (Å²) in [7, 11) is 0. The molecule has 1 aromatic carbocycles. The van der Waals surface area contributed by atoms with Crippen LogP contribution in [0.2, 0.25) is 0 Å². The normalized spacial score (nSPS) is 10.5. The summed E-state index contributed by atoms with van der Waals surface area (Å²) in [5, 5.41) is 0.866. The summed E-state index contributed by atoms with van der Waals surface area (Å²) in [5.74, 6) is 0.704. The highest BCUT2D eigenvalue weighted by atomic mass is 79.9. The fourth-order valence-electron chi connectivity index (χ4n) is 1.32. The van der Waals surface area contributed by atoms with Gasteiger partial charge < -0.3 is 9.15 Å². The van der Waals surface area contributed by atoms with Crippen molar-refractivity contribution in [3.05, 3.63) is 39.2 Å². The number of fused-ring (bicyclic) bond motifs is 1. The van der Waals surface area contributed by atoms with Crippen molar-refractivity contribution < 1.29 is 9.15 Å². The number of hydrogen-bond acceptors (Lipinski definition) is 3. The quantitative estimate of drug-likeness (QED) is 0.787. The molecular formula is C11H9BrO3. The average Bonchev–Trinajstić information content (AvgIpc) is 2.21. The maximum absolute atomic E-state index is 11.2. The summed E-state index contributed by atoms with van der Waals surface area (Å²) in [5.41, 5.74) is 0.158. The third kappa shape index (κ3) is 2.04. The summed E-state index contributed by atoms with van der Waals surface area (Å²) < 4.78 is 10.8. The smallest absolute Gasteiger partial charge is 0.350 e. The van der Waals surface area contributed by atoms with Gasteiger partial charge in [-0.15, -0.1) is 0 Å². The molecule has 78 valence electrons. The van der Waals surface area contributed by atoms with Crippen molar-refractivity contribution in [2.24, 2.45) is 0 Å². The molecule has 0 spiro atoms. The zero-order valence-corrected chi connectivity index (χ0v) is 9.71. The molecule has 0 bridgehead atoms. The second-order valence-electron chi connectivity index (χ2n) is 3.01. The van der Waals surface area contributed by atoms with Crippen molar-refractivity contribution >= 4 is 26.9 Å². The summed E-state index contributed by atoms with van der Waals surface area (Å²) in [6.45, 7) is 2.49.